The van der Waals surface area contributed by atoms with Crippen molar-refractivity contribution in [3.05, 3.63) is 59.4 Å². The van der Waals surface area contributed by atoms with Crippen molar-refractivity contribution in [1.82, 2.24) is 0 Å². The molecule has 3 atom stereocenters. The summed E-state index contributed by atoms with van der Waals surface area (Å²) in [7, 11) is 0. The number of fused-ring (bicyclic) bond motifs is 1. The average Bonchev–Trinajstić information content (AvgIpc) is 3.44. The number of hydrogen-bond acceptors (Lipinski definition) is 5. The minimum Gasteiger partial charge on any atom is -0.462 e. The van der Waals surface area contributed by atoms with Gasteiger partial charge in [-0.2, -0.15) is 0 Å². The fraction of sp³-hybridized carbons (Fsp3) is 0.455. The van der Waals surface area contributed by atoms with Crippen LogP contribution < -0.4 is 0 Å². The molecule has 1 saturated carbocycles. The maximum absolute atomic E-state index is 12.5. The number of hydrogen-bond donors (Lipinski definition) is 0. The van der Waals surface area contributed by atoms with Gasteiger partial charge in [-0.3, -0.25) is 0 Å². The summed E-state index contributed by atoms with van der Waals surface area (Å²) in [5.41, 5.74) is 1.53. The maximum Gasteiger partial charge on any atom is 0.338 e. The van der Waals surface area contributed by atoms with Crippen molar-refractivity contribution in [1.29, 1.82) is 0 Å². The van der Waals surface area contributed by atoms with Crippen LogP contribution in [0.1, 0.15) is 38.7 Å². The van der Waals surface area contributed by atoms with Crippen LogP contribution in [0.4, 0.5) is 0 Å². The van der Waals surface area contributed by atoms with Crippen LogP contribution in [-0.4, -0.2) is 30.8 Å². The normalized spacial score (nSPS) is 24.3. The van der Waals surface area contributed by atoms with Gasteiger partial charge >= 0.3 is 11.9 Å². The highest BCUT2D eigenvalue weighted by molar-refractivity contribution is 5.91. The van der Waals surface area contributed by atoms with Crippen molar-refractivity contribution in [3.8, 4) is 0 Å². The predicted octanol–water partition coefficient (Wildman–Crippen LogP) is 3.73. The van der Waals surface area contributed by atoms with E-state index < -0.39 is 11.9 Å². The highest BCUT2D eigenvalue weighted by Gasteiger charge is 2.44. The summed E-state index contributed by atoms with van der Waals surface area (Å²) in [6.45, 7) is 7.18. The second-order valence-corrected chi connectivity index (χ2v) is 7.37. The van der Waals surface area contributed by atoms with E-state index in [0.717, 1.165) is 24.8 Å². The van der Waals surface area contributed by atoms with Crippen molar-refractivity contribution >= 4 is 11.9 Å². The molecule has 1 aromatic rings. The van der Waals surface area contributed by atoms with Gasteiger partial charge < -0.3 is 14.2 Å². The first kappa shape index (κ1) is 19.4. The molecular formula is C22H26O5. The van der Waals surface area contributed by atoms with Gasteiger partial charge in [0.1, 0.15) is 5.76 Å². The standard InChI is InChI=1S/C22H26O5/c1-14(2)21(23)27-19(11-16-7-5-4-6-8-16)15(3)22(24)25-13-17-9-10-18-20(12-17)26-18/h4-8,17-18,20H,1,9-13H2,2-3H3/b19-15-. The number of benzene rings is 1. The third-order valence-corrected chi connectivity index (χ3v) is 5.06. The maximum atomic E-state index is 12.5. The lowest BCUT2D eigenvalue weighted by Crippen LogP contribution is -2.21. The molecule has 2 aliphatic rings. The first-order valence-corrected chi connectivity index (χ1v) is 9.38. The molecule has 1 heterocycles. The van der Waals surface area contributed by atoms with Crippen LogP contribution in [0.25, 0.3) is 0 Å². The number of ether oxygens (including phenoxy) is 3. The molecule has 1 aromatic carbocycles. The lowest BCUT2D eigenvalue weighted by atomic mass is 9.90. The van der Waals surface area contributed by atoms with E-state index >= 15 is 0 Å². The second-order valence-electron chi connectivity index (χ2n) is 7.37. The largest absolute Gasteiger partial charge is 0.462 e. The van der Waals surface area contributed by atoms with Gasteiger partial charge in [-0.15, -0.1) is 0 Å². The van der Waals surface area contributed by atoms with Gasteiger partial charge in [-0.05, 0) is 44.6 Å². The van der Waals surface area contributed by atoms with Crippen LogP contribution in [0.3, 0.4) is 0 Å². The van der Waals surface area contributed by atoms with E-state index in [-0.39, 0.29) is 5.57 Å². The molecule has 5 heteroatoms. The van der Waals surface area contributed by atoms with Gasteiger partial charge in [0.05, 0.1) is 24.4 Å². The Labute approximate surface area is 160 Å². The Morgan fingerprint density at radius 3 is 2.52 bits per heavy atom. The first-order chi connectivity index (χ1) is 12.9. The van der Waals surface area contributed by atoms with Crippen molar-refractivity contribution in [3.63, 3.8) is 0 Å². The number of esters is 2. The average molecular weight is 370 g/mol. The van der Waals surface area contributed by atoms with Gasteiger partial charge in [0.2, 0.25) is 0 Å². The third kappa shape index (κ3) is 5.30. The Morgan fingerprint density at radius 2 is 1.85 bits per heavy atom. The van der Waals surface area contributed by atoms with Crippen LogP contribution in [0.15, 0.2) is 53.8 Å². The van der Waals surface area contributed by atoms with E-state index in [1.807, 2.05) is 30.3 Å². The molecule has 144 valence electrons. The Hall–Kier alpha value is -2.40. The fourth-order valence-electron chi connectivity index (χ4n) is 3.28. The highest BCUT2D eigenvalue weighted by Crippen LogP contribution is 2.39. The van der Waals surface area contributed by atoms with E-state index in [0.29, 0.717) is 42.5 Å². The van der Waals surface area contributed by atoms with Crippen LogP contribution >= 0.6 is 0 Å². The summed E-state index contributed by atoms with van der Waals surface area (Å²) < 4.78 is 16.5. The molecule has 3 rings (SSSR count). The first-order valence-electron chi connectivity index (χ1n) is 9.38. The molecular weight excluding hydrogens is 344 g/mol. The van der Waals surface area contributed by atoms with Crippen LogP contribution in [0.5, 0.6) is 0 Å². The number of carbonyl (C=O) groups is 2. The van der Waals surface area contributed by atoms with Gasteiger partial charge in [0.15, 0.2) is 0 Å². The van der Waals surface area contributed by atoms with Gasteiger partial charge in [-0.25, -0.2) is 9.59 Å². The van der Waals surface area contributed by atoms with Crippen molar-refractivity contribution < 1.29 is 23.8 Å². The summed E-state index contributed by atoms with van der Waals surface area (Å²) in [6.07, 6.45) is 4.11. The minimum atomic E-state index is -0.544. The zero-order valence-electron chi connectivity index (χ0n) is 15.9. The third-order valence-electron chi connectivity index (χ3n) is 5.06. The van der Waals surface area contributed by atoms with E-state index in [2.05, 4.69) is 6.58 Å². The molecule has 0 aromatic heterocycles. The summed E-state index contributed by atoms with van der Waals surface area (Å²) in [5.74, 6) is -0.360. The molecule has 0 radical (unpaired) electrons. The molecule has 1 aliphatic carbocycles. The van der Waals surface area contributed by atoms with Crippen molar-refractivity contribution in [2.24, 2.45) is 5.92 Å². The van der Waals surface area contributed by atoms with Crippen LogP contribution in [0, 0.1) is 5.92 Å². The molecule has 0 spiro atoms. The lowest BCUT2D eigenvalue weighted by molar-refractivity contribution is -0.141. The van der Waals surface area contributed by atoms with E-state index in [9.17, 15) is 9.59 Å². The second kappa shape index (κ2) is 8.53. The Balaban J connectivity index is 1.66. The monoisotopic (exact) mass is 370 g/mol. The van der Waals surface area contributed by atoms with Crippen LogP contribution in [0.2, 0.25) is 0 Å². The molecule has 1 aliphatic heterocycles. The molecule has 3 unspecified atom stereocenters. The molecule has 27 heavy (non-hydrogen) atoms. The van der Waals surface area contributed by atoms with Gasteiger partial charge in [-0.1, -0.05) is 36.9 Å². The fourth-order valence-corrected chi connectivity index (χ4v) is 3.28. The van der Waals surface area contributed by atoms with Crippen molar-refractivity contribution in [2.45, 2.75) is 51.7 Å². The summed E-state index contributed by atoms with van der Waals surface area (Å²) >= 11 is 0. The summed E-state index contributed by atoms with van der Waals surface area (Å²) in [4.78, 5) is 24.5. The number of rotatable bonds is 7. The van der Waals surface area contributed by atoms with E-state index in [1.165, 1.54) is 0 Å². The molecule has 0 bridgehead atoms. The quantitative estimate of drug-likeness (QED) is 0.317. The summed E-state index contributed by atoms with van der Waals surface area (Å²) in [5, 5.41) is 0. The van der Waals surface area contributed by atoms with E-state index in [4.69, 9.17) is 14.2 Å². The zero-order valence-corrected chi connectivity index (χ0v) is 15.9. The topological polar surface area (TPSA) is 65.1 Å². The lowest BCUT2D eigenvalue weighted by Gasteiger charge is -2.19. The zero-order chi connectivity index (χ0) is 19.4. The predicted molar refractivity (Wildman–Crippen MR) is 101 cm³/mol. The summed E-state index contributed by atoms with van der Waals surface area (Å²) in [6, 6.07) is 9.55. The Bertz CT molecular complexity index is 749. The van der Waals surface area contributed by atoms with Gasteiger partial charge in [0, 0.05) is 12.0 Å². The minimum absolute atomic E-state index is 0.280. The molecule has 5 nitrogen and oxygen atoms in total. The number of allylic oxidation sites excluding steroid dienone is 1. The van der Waals surface area contributed by atoms with Crippen molar-refractivity contribution in [2.75, 3.05) is 6.61 Å². The smallest absolute Gasteiger partial charge is 0.338 e. The van der Waals surface area contributed by atoms with Gasteiger partial charge in [0.25, 0.3) is 0 Å². The molecule has 1 saturated heterocycles. The molecule has 0 N–H and O–H groups in total. The Morgan fingerprint density at radius 1 is 1.11 bits per heavy atom. The van der Waals surface area contributed by atoms with Crippen LogP contribution in [-0.2, 0) is 30.2 Å². The number of carbonyl (C=O) groups excluding carboxylic acids is 2. The Kier molecular flexibility index (Phi) is 6.11. The SMILES string of the molecule is C=C(C)C(=O)O/C(Cc1ccccc1)=C(/C)C(=O)OCC1CCC2OC2C1. The highest BCUT2D eigenvalue weighted by atomic mass is 16.6. The molecule has 2 fully saturated rings. The molecule has 0 amide bonds. The number of epoxide rings is 1. The van der Waals surface area contributed by atoms with E-state index in [1.54, 1.807) is 13.8 Å².